The Balaban J connectivity index is 1.51. The van der Waals surface area contributed by atoms with Gasteiger partial charge in [-0.3, -0.25) is 4.79 Å². The van der Waals surface area contributed by atoms with E-state index < -0.39 is 6.10 Å². The van der Waals surface area contributed by atoms with Crippen molar-refractivity contribution < 1.29 is 14.3 Å². The van der Waals surface area contributed by atoms with Crippen molar-refractivity contribution in [3.63, 3.8) is 0 Å². The number of esters is 1. The van der Waals surface area contributed by atoms with Gasteiger partial charge in [0.05, 0.1) is 23.4 Å². The second-order valence-electron chi connectivity index (χ2n) is 6.59. The van der Waals surface area contributed by atoms with Gasteiger partial charge in [0.25, 0.3) is 0 Å². The van der Waals surface area contributed by atoms with E-state index in [9.17, 15) is 9.59 Å². The highest BCUT2D eigenvalue weighted by atomic mass is 35.5. The first-order chi connectivity index (χ1) is 12.6. The summed E-state index contributed by atoms with van der Waals surface area (Å²) in [6.45, 7) is 1.94. The van der Waals surface area contributed by atoms with Crippen LogP contribution >= 0.6 is 11.6 Å². The van der Waals surface area contributed by atoms with Gasteiger partial charge >= 0.3 is 5.97 Å². The zero-order valence-electron chi connectivity index (χ0n) is 14.2. The first-order valence-corrected chi connectivity index (χ1v) is 9.14. The molecule has 1 N–H and O–H groups in total. The molecule has 2 aliphatic heterocycles. The lowest BCUT2D eigenvalue weighted by molar-refractivity contribution is -0.118. The fraction of sp³-hybridized carbons (Fsp3) is 0.300. The predicted octanol–water partition coefficient (Wildman–Crippen LogP) is 4.18. The van der Waals surface area contributed by atoms with Crippen LogP contribution in [0.1, 0.15) is 41.3 Å². The zero-order valence-corrected chi connectivity index (χ0v) is 15.0. The van der Waals surface area contributed by atoms with Crippen molar-refractivity contribution in [2.45, 2.75) is 25.4 Å². The number of carbonyl (C=O) groups excluding carboxylic acids is 2. The Bertz CT molecular complexity index is 862. The van der Waals surface area contributed by atoms with Crippen molar-refractivity contribution in [1.82, 2.24) is 0 Å². The number of cyclic esters (lactones) is 1. The summed E-state index contributed by atoms with van der Waals surface area (Å²) in [4.78, 5) is 26.8. The number of halogens is 1. The van der Waals surface area contributed by atoms with E-state index in [2.05, 4.69) is 10.2 Å². The van der Waals surface area contributed by atoms with Crippen molar-refractivity contribution in [3.8, 4) is 0 Å². The first kappa shape index (κ1) is 16.9. The molecule has 1 amide bonds. The molecular formula is C20H19ClN2O3. The molecule has 1 atom stereocenters. The molecule has 1 fully saturated rings. The van der Waals surface area contributed by atoms with Crippen molar-refractivity contribution >= 4 is 34.9 Å². The second-order valence-corrected chi connectivity index (χ2v) is 7.03. The predicted molar refractivity (Wildman–Crippen MR) is 101 cm³/mol. The van der Waals surface area contributed by atoms with E-state index >= 15 is 0 Å². The van der Waals surface area contributed by atoms with Crippen molar-refractivity contribution in [2.24, 2.45) is 0 Å². The van der Waals surface area contributed by atoms with Crippen molar-refractivity contribution in [3.05, 3.63) is 58.6 Å². The number of nitrogens with zero attached hydrogens (tertiary/aromatic N) is 1. The van der Waals surface area contributed by atoms with E-state index in [0.29, 0.717) is 16.3 Å². The molecule has 0 saturated carbocycles. The summed E-state index contributed by atoms with van der Waals surface area (Å²) in [5.41, 5.74) is 2.97. The standard InChI is InChI=1S/C20H19ClN2O3/c21-13-7-8-17(23-9-3-4-10-23)16(11-13)22-19(24)12-18-14-5-1-2-6-15(14)20(25)26-18/h1-2,5-8,11,18H,3-4,9-10,12H2,(H,22,24)/t18-/m0/s1. The van der Waals surface area contributed by atoms with Gasteiger partial charge in [0.15, 0.2) is 0 Å². The topological polar surface area (TPSA) is 58.6 Å². The minimum absolute atomic E-state index is 0.0781. The van der Waals surface area contributed by atoms with Gasteiger partial charge in [0.1, 0.15) is 6.10 Å². The number of nitrogens with one attached hydrogen (secondary N) is 1. The van der Waals surface area contributed by atoms with E-state index in [1.807, 2.05) is 24.3 Å². The van der Waals surface area contributed by atoms with Crippen LogP contribution in [0.2, 0.25) is 5.02 Å². The summed E-state index contributed by atoms with van der Waals surface area (Å²) in [6, 6.07) is 12.7. The molecule has 5 nitrogen and oxygen atoms in total. The zero-order chi connectivity index (χ0) is 18.1. The van der Waals surface area contributed by atoms with Crippen molar-refractivity contribution in [2.75, 3.05) is 23.3 Å². The van der Waals surface area contributed by atoms with E-state index in [0.717, 1.165) is 37.2 Å². The molecule has 2 aliphatic rings. The lowest BCUT2D eigenvalue weighted by atomic mass is 10.0. The van der Waals surface area contributed by atoms with Crippen LogP contribution < -0.4 is 10.2 Å². The van der Waals surface area contributed by atoms with Crippen molar-refractivity contribution in [1.29, 1.82) is 0 Å². The van der Waals surface area contributed by atoms with Gasteiger partial charge in [-0.05, 0) is 37.1 Å². The number of benzene rings is 2. The van der Waals surface area contributed by atoms with Crippen LogP contribution in [-0.2, 0) is 9.53 Å². The Hall–Kier alpha value is -2.53. The van der Waals surface area contributed by atoms with Crippen LogP contribution in [-0.4, -0.2) is 25.0 Å². The van der Waals surface area contributed by atoms with Gasteiger partial charge in [0.2, 0.25) is 5.91 Å². The van der Waals surface area contributed by atoms with Gasteiger partial charge in [-0.2, -0.15) is 0 Å². The molecule has 0 radical (unpaired) electrons. The third-order valence-electron chi connectivity index (χ3n) is 4.83. The van der Waals surface area contributed by atoms with Crippen LogP contribution in [0.3, 0.4) is 0 Å². The number of rotatable bonds is 4. The fourth-order valence-corrected chi connectivity index (χ4v) is 3.76. The van der Waals surface area contributed by atoms with Crippen LogP contribution in [0.5, 0.6) is 0 Å². The highest BCUT2D eigenvalue weighted by molar-refractivity contribution is 6.31. The highest BCUT2D eigenvalue weighted by Gasteiger charge is 2.32. The molecule has 0 bridgehead atoms. The number of ether oxygens (including phenoxy) is 1. The van der Waals surface area contributed by atoms with Gasteiger partial charge in [-0.1, -0.05) is 29.8 Å². The summed E-state index contributed by atoms with van der Waals surface area (Å²) in [5.74, 6) is -0.582. The Morgan fingerprint density at radius 1 is 1.19 bits per heavy atom. The molecule has 134 valence electrons. The molecule has 2 aromatic rings. The van der Waals surface area contributed by atoms with Crippen LogP contribution in [0.25, 0.3) is 0 Å². The monoisotopic (exact) mass is 370 g/mol. The second kappa shape index (κ2) is 7.00. The number of hydrogen-bond donors (Lipinski definition) is 1. The average Bonchev–Trinajstić information content (AvgIpc) is 3.25. The van der Waals surface area contributed by atoms with E-state index in [1.165, 1.54) is 0 Å². The molecule has 2 heterocycles. The molecule has 0 spiro atoms. The van der Waals surface area contributed by atoms with Gasteiger partial charge in [-0.25, -0.2) is 4.79 Å². The molecule has 0 aromatic heterocycles. The average molecular weight is 371 g/mol. The fourth-order valence-electron chi connectivity index (χ4n) is 3.58. The summed E-state index contributed by atoms with van der Waals surface area (Å²) >= 11 is 6.12. The molecule has 0 aliphatic carbocycles. The molecule has 26 heavy (non-hydrogen) atoms. The van der Waals surface area contributed by atoms with Crippen LogP contribution in [0.15, 0.2) is 42.5 Å². The maximum atomic E-state index is 12.6. The van der Waals surface area contributed by atoms with E-state index in [-0.39, 0.29) is 18.3 Å². The summed E-state index contributed by atoms with van der Waals surface area (Å²) < 4.78 is 5.36. The normalized spacial score (nSPS) is 18.6. The lowest BCUT2D eigenvalue weighted by Crippen LogP contribution is -2.22. The smallest absolute Gasteiger partial charge is 0.339 e. The third-order valence-corrected chi connectivity index (χ3v) is 5.06. The molecule has 2 aromatic carbocycles. The molecule has 1 saturated heterocycles. The molecule has 6 heteroatoms. The summed E-state index contributed by atoms with van der Waals surface area (Å²) in [7, 11) is 0. The number of anilines is 2. The SMILES string of the molecule is O=C(C[C@@H]1OC(=O)c2ccccc21)Nc1cc(Cl)ccc1N1CCCC1. The van der Waals surface area contributed by atoms with Crippen LogP contribution in [0.4, 0.5) is 11.4 Å². The third kappa shape index (κ3) is 3.27. The Labute approximate surface area is 156 Å². The Kier molecular flexibility index (Phi) is 4.55. The Morgan fingerprint density at radius 3 is 2.77 bits per heavy atom. The number of amides is 1. The Morgan fingerprint density at radius 2 is 1.96 bits per heavy atom. The minimum atomic E-state index is -0.548. The lowest BCUT2D eigenvalue weighted by Gasteiger charge is -2.22. The van der Waals surface area contributed by atoms with Gasteiger partial charge in [-0.15, -0.1) is 0 Å². The first-order valence-electron chi connectivity index (χ1n) is 8.76. The van der Waals surface area contributed by atoms with E-state index in [4.69, 9.17) is 16.3 Å². The number of hydrogen-bond acceptors (Lipinski definition) is 4. The summed E-state index contributed by atoms with van der Waals surface area (Å²) in [6.07, 6.45) is 1.82. The van der Waals surface area contributed by atoms with Gasteiger partial charge < -0.3 is 15.0 Å². The molecule has 0 unspecified atom stereocenters. The highest BCUT2D eigenvalue weighted by Crippen LogP contribution is 2.35. The molecule has 4 rings (SSSR count). The molecular weight excluding hydrogens is 352 g/mol. The van der Waals surface area contributed by atoms with Crippen LogP contribution in [0, 0.1) is 0 Å². The number of fused-ring (bicyclic) bond motifs is 1. The number of carbonyl (C=O) groups is 2. The van der Waals surface area contributed by atoms with Gasteiger partial charge in [0, 0.05) is 23.7 Å². The van der Waals surface area contributed by atoms with E-state index in [1.54, 1.807) is 18.2 Å². The maximum Gasteiger partial charge on any atom is 0.339 e. The summed E-state index contributed by atoms with van der Waals surface area (Å²) in [5, 5.41) is 3.51. The maximum absolute atomic E-state index is 12.6. The largest absolute Gasteiger partial charge is 0.453 e. The minimum Gasteiger partial charge on any atom is -0.453 e. The quantitative estimate of drug-likeness (QED) is 0.820.